The van der Waals surface area contributed by atoms with E-state index in [2.05, 4.69) is 0 Å². The van der Waals surface area contributed by atoms with E-state index in [0.29, 0.717) is 17.5 Å². The zero-order valence-electron chi connectivity index (χ0n) is 12.7. The third kappa shape index (κ3) is 4.21. The van der Waals surface area contributed by atoms with Crippen molar-refractivity contribution in [3.05, 3.63) is 29.1 Å². The van der Waals surface area contributed by atoms with Crippen molar-refractivity contribution in [2.45, 2.75) is 45.1 Å². The van der Waals surface area contributed by atoms with E-state index in [-0.39, 0.29) is 22.5 Å². The summed E-state index contributed by atoms with van der Waals surface area (Å²) in [7, 11) is -3.72. The second-order valence-corrected chi connectivity index (χ2v) is 7.65. The predicted molar refractivity (Wildman–Crippen MR) is 86.3 cm³/mol. The summed E-state index contributed by atoms with van der Waals surface area (Å²) in [5.41, 5.74) is 6.26. The number of nitrogens with zero attached hydrogens (tertiary/aromatic N) is 1. The van der Waals surface area contributed by atoms with Crippen molar-refractivity contribution in [3.8, 4) is 0 Å². The third-order valence-corrected chi connectivity index (χ3v) is 5.73. The molecule has 0 saturated heterocycles. The Morgan fingerprint density at radius 2 is 1.81 bits per heavy atom. The highest BCUT2D eigenvalue weighted by Crippen LogP contribution is 2.26. The molecule has 0 spiro atoms. The Hall–Kier alpha value is -1.05. The first-order valence-electron chi connectivity index (χ1n) is 6.64. The van der Waals surface area contributed by atoms with E-state index < -0.39 is 15.8 Å². The molecule has 0 unspecified atom stereocenters. The van der Waals surface area contributed by atoms with Crippen LogP contribution in [0.3, 0.4) is 0 Å². The Balaban J connectivity index is 3.33. The van der Waals surface area contributed by atoms with Crippen LogP contribution in [0.1, 0.15) is 31.4 Å². The molecule has 0 aliphatic rings. The van der Waals surface area contributed by atoms with Crippen LogP contribution in [0.25, 0.3) is 0 Å². The lowest BCUT2D eigenvalue weighted by molar-refractivity contribution is 0.362. The van der Waals surface area contributed by atoms with Crippen molar-refractivity contribution in [1.82, 2.24) is 4.31 Å². The number of hydrogen-bond donors (Lipinski definition) is 1. The zero-order valence-corrected chi connectivity index (χ0v) is 14.3. The summed E-state index contributed by atoms with van der Waals surface area (Å²) < 4.78 is 40.4. The van der Waals surface area contributed by atoms with Gasteiger partial charge in [-0.05, 0) is 51.0 Å². The minimum atomic E-state index is -3.72. The van der Waals surface area contributed by atoms with E-state index in [0.717, 1.165) is 0 Å². The van der Waals surface area contributed by atoms with Gasteiger partial charge in [-0.1, -0.05) is 12.2 Å². The van der Waals surface area contributed by atoms with Crippen LogP contribution in [0.5, 0.6) is 0 Å². The van der Waals surface area contributed by atoms with Crippen LogP contribution in [0.15, 0.2) is 17.0 Å². The smallest absolute Gasteiger partial charge is 0.243 e. The summed E-state index contributed by atoms with van der Waals surface area (Å²) in [6.07, 6.45) is 0.312. The van der Waals surface area contributed by atoms with Crippen molar-refractivity contribution in [2.75, 3.05) is 6.54 Å². The highest BCUT2D eigenvalue weighted by molar-refractivity contribution is 7.89. The molecule has 0 saturated carbocycles. The van der Waals surface area contributed by atoms with Gasteiger partial charge in [-0.25, -0.2) is 12.8 Å². The van der Waals surface area contributed by atoms with Gasteiger partial charge in [0.15, 0.2) is 0 Å². The molecule has 1 rings (SSSR count). The van der Waals surface area contributed by atoms with Crippen LogP contribution < -0.4 is 5.73 Å². The Labute approximate surface area is 131 Å². The Morgan fingerprint density at radius 3 is 2.19 bits per heavy atom. The molecule has 4 nitrogen and oxygen atoms in total. The van der Waals surface area contributed by atoms with Crippen molar-refractivity contribution in [3.63, 3.8) is 0 Å². The largest absolute Gasteiger partial charge is 0.393 e. The SMILES string of the molecule is Cc1cc(F)cc(C)c1S(=O)(=O)N(CCC(N)=S)C(C)C. The van der Waals surface area contributed by atoms with Crippen molar-refractivity contribution in [2.24, 2.45) is 5.73 Å². The molecule has 0 bridgehead atoms. The second kappa shape index (κ2) is 6.81. The van der Waals surface area contributed by atoms with Crippen LogP contribution in [-0.4, -0.2) is 30.3 Å². The van der Waals surface area contributed by atoms with Crippen LogP contribution in [0.2, 0.25) is 0 Å². The van der Waals surface area contributed by atoms with Crippen LogP contribution in [-0.2, 0) is 10.0 Å². The fourth-order valence-electron chi connectivity index (χ4n) is 2.30. The topological polar surface area (TPSA) is 63.4 Å². The fourth-order valence-corrected chi connectivity index (χ4v) is 4.44. The van der Waals surface area contributed by atoms with Gasteiger partial charge < -0.3 is 5.73 Å². The van der Waals surface area contributed by atoms with Gasteiger partial charge in [0.25, 0.3) is 0 Å². The standard InChI is InChI=1S/C14H21FN2O2S2/c1-9(2)17(6-5-13(16)20)21(18,19)14-10(3)7-12(15)8-11(14)4/h7-9H,5-6H2,1-4H3,(H2,16,20). The maximum atomic E-state index is 13.4. The van der Waals surface area contributed by atoms with Gasteiger partial charge in [-0.3, -0.25) is 0 Å². The molecule has 0 heterocycles. The number of aryl methyl sites for hydroxylation is 2. The lowest BCUT2D eigenvalue weighted by Gasteiger charge is -2.27. The van der Waals surface area contributed by atoms with E-state index in [4.69, 9.17) is 18.0 Å². The van der Waals surface area contributed by atoms with Crippen LogP contribution in [0, 0.1) is 19.7 Å². The number of benzene rings is 1. The third-order valence-electron chi connectivity index (χ3n) is 3.15. The molecule has 118 valence electrons. The van der Waals surface area contributed by atoms with Crippen LogP contribution in [0.4, 0.5) is 4.39 Å². The minimum absolute atomic E-state index is 0.153. The summed E-state index contributed by atoms with van der Waals surface area (Å²) in [6, 6.07) is 2.21. The first-order chi connectivity index (χ1) is 9.57. The van der Waals surface area contributed by atoms with E-state index in [1.165, 1.54) is 16.4 Å². The van der Waals surface area contributed by atoms with Gasteiger partial charge >= 0.3 is 0 Å². The van der Waals surface area contributed by atoms with Gasteiger partial charge in [-0.2, -0.15) is 4.31 Å². The Bertz CT molecular complexity index is 619. The van der Waals surface area contributed by atoms with Gasteiger partial charge in [0.1, 0.15) is 5.82 Å². The molecule has 0 aromatic heterocycles. The second-order valence-electron chi connectivity index (χ2n) is 5.29. The molecule has 0 aliphatic heterocycles. The number of halogens is 1. The molecule has 0 atom stereocenters. The van der Waals surface area contributed by atoms with Crippen LogP contribution >= 0.6 is 12.2 Å². The van der Waals surface area contributed by atoms with Crippen molar-refractivity contribution < 1.29 is 12.8 Å². The van der Waals surface area contributed by atoms with Gasteiger partial charge in [0.2, 0.25) is 10.0 Å². The highest BCUT2D eigenvalue weighted by Gasteiger charge is 2.30. The summed E-state index contributed by atoms with van der Waals surface area (Å²) in [5.74, 6) is -0.441. The molecule has 1 aromatic carbocycles. The van der Waals surface area contributed by atoms with E-state index in [1.807, 2.05) is 0 Å². The molecule has 21 heavy (non-hydrogen) atoms. The number of hydrogen-bond acceptors (Lipinski definition) is 3. The van der Waals surface area contributed by atoms with Gasteiger partial charge in [0.05, 0.1) is 9.88 Å². The average molecular weight is 332 g/mol. The number of nitrogens with two attached hydrogens (primary N) is 1. The molecule has 0 aliphatic carbocycles. The zero-order chi connectivity index (χ0) is 16.4. The molecule has 0 fully saturated rings. The lowest BCUT2D eigenvalue weighted by atomic mass is 10.1. The fraction of sp³-hybridized carbons (Fsp3) is 0.500. The number of thiocarbonyl (C=S) groups is 1. The molecule has 7 heteroatoms. The first-order valence-corrected chi connectivity index (χ1v) is 8.49. The average Bonchev–Trinajstić information content (AvgIpc) is 2.25. The predicted octanol–water partition coefficient (Wildman–Crippen LogP) is 2.52. The number of rotatable bonds is 6. The maximum Gasteiger partial charge on any atom is 0.243 e. The summed E-state index contributed by atoms with van der Waals surface area (Å²) in [4.78, 5) is 0.420. The Kier molecular flexibility index (Phi) is 5.83. The molecule has 2 N–H and O–H groups in total. The van der Waals surface area contributed by atoms with E-state index in [1.54, 1.807) is 27.7 Å². The first kappa shape index (κ1) is 18.0. The maximum absolute atomic E-state index is 13.4. The van der Waals surface area contributed by atoms with Crippen molar-refractivity contribution >= 4 is 27.2 Å². The molecule has 1 aromatic rings. The van der Waals surface area contributed by atoms with Crippen molar-refractivity contribution in [1.29, 1.82) is 0 Å². The normalized spacial score (nSPS) is 12.1. The number of sulfonamides is 1. The monoisotopic (exact) mass is 332 g/mol. The minimum Gasteiger partial charge on any atom is -0.393 e. The summed E-state index contributed by atoms with van der Waals surface area (Å²) >= 11 is 4.82. The molecular formula is C14H21FN2O2S2. The molecule has 0 radical (unpaired) electrons. The van der Waals surface area contributed by atoms with Gasteiger partial charge in [-0.15, -0.1) is 0 Å². The summed E-state index contributed by atoms with van der Waals surface area (Å²) in [5, 5.41) is 0. The lowest BCUT2D eigenvalue weighted by Crippen LogP contribution is -2.39. The summed E-state index contributed by atoms with van der Waals surface area (Å²) in [6.45, 7) is 6.96. The quantitative estimate of drug-likeness (QED) is 0.813. The molecule has 0 amide bonds. The van der Waals surface area contributed by atoms with E-state index >= 15 is 0 Å². The highest BCUT2D eigenvalue weighted by atomic mass is 32.2. The Morgan fingerprint density at radius 1 is 1.33 bits per heavy atom. The van der Waals surface area contributed by atoms with Gasteiger partial charge in [0, 0.05) is 19.0 Å². The van der Waals surface area contributed by atoms with E-state index in [9.17, 15) is 12.8 Å². The molecular weight excluding hydrogens is 311 g/mol.